The van der Waals surface area contributed by atoms with E-state index in [2.05, 4.69) is 59.4 Å². The number of aliphatic imine (C=N–C) groups is 1. The topological polar surface area (TPSA) is 65.7 Å². The maximum atomic E-state index is 5.48. The van der Waals surface area contributed by atoms with Crippen LogP contribution in [0.3, 0.4) is 0 Å². The standard InChI is InChI=1S/C20H37N5O/c1-6-16(7-2)18-13-17(26-24-18)14-22-19(21-5)23-15-20(3,4)25-11-9-8-10-12-25/h13,16H,6-12,14-15H2,1-5H3,(H2,21,22,23). The van der Waals surface area contributed by atoms with E-state index in [9.17, 15) is 0 Å². The molecule has 0 radical (unpaired) electrons. The Bertz CT molecular complexity index is 556. The van der Waals surface area contributed by atoms with Gasteiger partial charge in [-0.3, -0.25) is 9.89 Å². The fourth-order valence-corrected chi connectivity index (χ4v) is 3.61. The summed E-state index contributed by atoms with van der Waals surface area (Å²) in [5, 5.41) is 11.0. The highest BCUT2D eigenvalue weighted by Gasteiger charge is 2.27. The number of nitrogens with one attached hydrogen (secondary N) is 2. The van der Waals surface area contributed by atoms with Crippen molar-refractivity contribution in [2.24, 2.45) is 4.99 Å². The van der Waals surface area contributed by atoms with Crippen molar-refractivity contribution in [2.75, 3.05) is 26.7 Å². The number of hydrogen-bond acceptors (Lipinski definition) is 4. The zero-order valence-electron chi connectivity index (χ0n) is 17.3. The predicted octanol–water partition coefficient (Wildman–Crippen LogP) is 3.51. The molecule has 26 heavy (non-hydrogen) atoms. The van der Waals surface area contributed by atoms with Crippen LogP contribution >= 0.6 is 0 Å². The average molecular weight is 364 g/mol. The number of rotatable bonds is 8. The van der Waals surface area contributed by atoms with E-state index in [1.807, 2.05) is 0 Å². The monoisotopic (exact) mass is 363 g/mol. The Kier molecular flexibility index (Phi) is 7.94. The first-order chi connectivity index (χ1) is 12.5. The fraction of sp³-hybridized carbons (Fsp3) is 0.800. The van der Waals surface area contributed by atoms with Gasteiger partial charge in [0.2, 0.25) is 0 Å². The van der Waals surface area contributed by atoms with Gasteiger partial charge in [0.15, 0.2) is 11.7 Å². The van der Waals surface area contributed by atoms with Crippen LogP contribution in [0.1, 0.15) is 77.2 Å². The molecule has 1 fully saturated rings. The Hall–Kier alpha value is -1.56. The summed E-state index contributed by atoms with van der Waals surface area (Å²) < 4.78 is 5.48. The lowest BCUT2D eigenvalue weighted by molar-refractivity contribution is 0.0982. The van der Waals surface area contributed by atoms with Crippen molar-refractivity contribution >= 4 is 5.96 Å². The van der Waals surface area contributed by atoms with Gasteiger partial charge in [0, 0.05) is 31.1 Å². The molecule has 1 aromatic heterocycles. The molecule has 148 valence electrons. The van der Waals surface area contributed by atoms with E-state index in [1.54, 1.807) is 7.05 Å². The Morgan fingerprint density at radius 1 is 1.23 bits per heavy atom. The first-order valence-corrected chi connectivity index (χ1v) is 10.1. The smallest absolute Gasteiger partial charge is 0.191 e. The average Bonchev–Trinajstić information content (AvgIpc) is 3.12. The normalized spacial score (nSPS) is 16.9. The quantitative estimate of drug-likeness (QED) is 0.546. The number of piperidine rings is 1. The molecule has 1 saturated heterocycles. The molecule has 0 saturated carbocycles. The van der Waals surface area contributed by atoms with Gasteiger partial charge in [-0.2, -0.15) is 0 Å². The zero-order chi connectivity index (χ0) is 19.0. The molecule has 0 aliphatic carbocycles. The first-order valence-electron chi connectivity index (χ1n) is 10.1. The van der Waals surface area contributed by atoms with Gasteiger partial charge in [0.1, 0.15) is 0 Å². The van der Waals surface area contributed by atoms with Crippen molar-refractivity contribution < 1.29 is 4.52 Å². The molecule has 0 atom stereocenters. The summed E-state index contributed by atoms with van der Waals surface area (Å²) in [6.45, 7) is 12.8. The maximum Gasteiger partial charge on any atom is 0.191 e. The minimum absolute atomic E-state index is 0.118. The number of aromatic nitrogens is 1. The second-order valence-electron chi connectivity index (χ2n) is 7.87. The van der Waals surface area contributed by atoms with Gasteiger partial charge in [0.25, 0.3) is 0 Å². The molecule has 2 rings (SSSR count). The Morgan fingerprint density at radius 3 is 2.54 bits per heavy atom. The first kappa shape index (κ1) is 20.7. The van der Waals surface area contributed by atoms with E-state index in [-0.39, 0.29) is 5.54 Å². The minimum atomic E-state index is 0.118. The van der Waals surface area contributed by atoms with Gasteiger partial charge >= 0.3 is 0 Å². The van der Waals surface area contributed by atoms with Crippen LogP contribution in [-0.4, -0.2) is 48.2 Å². The highest BCUT2D eigenvalue weighted by molar-refractivity contribution is 5.79. The fourth-order valence-electron chi connectivity index (χ4n) is 3.61. The molecule has 6 heteroatoms. The van der Waals surface area contributed by atoms with Gasteiger partial charge < -0.3 is 15.2 Å². The van der Waals surface area contributed by atoms with Crippen LogP contribution in [0.5, 0.6) is 0 Å². The van der Waals surface area contributed by atoms with Crippen molar-refractivity contribution in [1.29, 1.82) is 0 Å². The molecule has 0 spiro atoms. The molecule has 0 aromatic carbocycles. The minimum Gasteiger partial charge on any atom is -0.359 e. The van der Waals surface area contributed by atoms with Crippen molar-refractivity contribution in [3.05, 3.63) is 17.5 Å². The van der Waals surface area contributed by atoms with Crippen molar-refractivity contribution in [3.8, 4) is 0 Å². The highest BCUT2D eigenvalue weighted by atomic mass is 16.5. The SMILES string of the molecule is CCC(CC)c1cc(CNC(=NC)NCC(C)(C)N2CCCCC2)on1. The van der Waals surface area contributed by atoms with E-state index in [4.69, 9.17) is 4.52 Å². The van der Waals surface area contributed by atoms with E-state index in [1.165, 1.54) is 32.4 Å². The summed E-state index contributed by atoms with van der Waals surface area (Å²) in [5.74, 6) is 2.14. The van der Waals surface area contributed by atoms with Crippen LogP contribution in [-0.2, 0) is 6.54 Å². The molecule has 0 unspecified atom stereocenters. The van der Waals surface area contributed by atoms with E-state index in [0.717, 1.165) is 36.8 Å². The molecule has 1 aliphatic rings. The van der Waals surface area contributed by atoms with Gasteiger partial charge in [-0.25, -0.2) is 0 Å². The largest absolute Gasteiger partial charge is 0.359 e. The number of nitrogens with zero attached hydrogens (tertiary/aromatic N) is 3. The van der Waals surface area contributed by atoms with Crippen LogP contribution in [0.2, 0.25) is 0 Å². The highest BCUT2D eigenvalue weighted by Crippen LogP contribution is 2.22. The second-order valence-corrected chi connectivity index (χ2v) is 7.87. The summed E-state index contributed by atoms with van der Waals surface area (Å²) in [6.07, 6.45) is 6.15. The number of hydrogen-bond donors (Lipinski definition) is 2. The summed E-state index contributed by atoms with van der Waals surface area (Å²) in [7, 11) is 1.80. The molecule has 1 aromatic rings. The molecular formula is C20H37N5O. The molecule has 2 heterocycles. The maximum absolute atomic E-state index is 5.48. The Labute approximate surface area is 158 Å². The van der Waals surface area contributed by atoms with Crippen molar-refractivity contribution in [2.45, 2.75) is 77.8 Å². The van der Waals surface area contributed by atoms with E-state index >= 15 is 0 Å². The molecule has 6 nitrogen and oxygen atoms in total. The van der Waals surface area contributed by atoms with E-state index < -0.39 is 0 Å². The Balaban J connectivity index is 1.82. The Morgan fingerprint density at radius 2 is 1.92 bits per heavy atom. The predicted molar refractivity (Wildman–Crippen MR) is 108 cm³/mol. The van der Waals surface area contributed by atoms with E-state index in [0.29, 0.717) is 12.5 Å². The molecule has 0 bridgehead atoms. The molecule has 0 amide bonds. The molecule has 2 N–H and O–H groups in total. The lowest BCUT2D eigenvalue weighted by Crippen LogP contribution is -2.54. The second kappa shape index (κ2) is 9.95. The summed E-state index contributed by atoms with van der Waals surface area (Å²) in [5.41, 5.74) is 1.17. The summed E-state index contributed by atoms with van der Waals surface area (Å²) in [6, 6.07) is 2.07. The van der Waals surface area contributed by atoms with Gasteiger partial charge in [-0.15, -0.1) is 0 Å². The van der Waals surface area contributed by atoms with Crippen molar-refractivity contribution in [1.82, 2.24) is 20.7 Å². The van der Waals surface area contributed by atoms with Crippen LogP contribution in [0.25, 0.3) is 0 Å². The van der Waals surface area contributed by atoms with Crippen LogP contribution < -0.4 is 10.6 Å². The summed E-state index contributed by atoms with van der Waals surface area (Å²) in [4.78, 5) is 6.92. The van der Waals surface area contributed by atoms with Gasteiger partial charge in [-0.05, 0) is 52.6 Å². The zero-order valence-corrected chi connectivity index (χ0v) is 17.3. The number of likely N-dealkylation sites (tertiary alicyclic amines) is 1. The molecular weight excluding hydrogens is 326 g/mol. The van der Waals surface area contributed by atoms with Crippen molar-refractivity contribution in [3.63, 3.8) is 0 Å². The van der Waals surface area contributed by atoms with Crippen LogP contribution in [0, 0.1) is 0 Å². The lowest BCUT2D eigenvalue weighted by atomic mass is 9.98. The molecule has 1 aliphatic heterocycles. The third-order valence-electron chi connectivity index (χ3n) is 5.54. The van der Waals surface area contributed by atoms with Gasteiger partial charge in [0.05, 0.1) is 12.2 Å². The van der Waals surface area contributed by atoms with Gasteiger partial charge in [-0.1, -0.05) is 25.4 Å². The summed E-state index contributed by atoms with van der Waals surface area (Å²) >= 11 is 0. The lowest BCUT2D eigenvalue weighted by Gasteiger charge is -2.41. The van der Waals surface area contributed by atoms with Crippen LogP contribution in [0.4, 0.5) is 0 Å². The number of guanidine groups is 1. The van der Waals surface area contributed by atoms with Crippen LogP contribution in [0.15, 0.2) is 15.6 Å². The third-order valence-corrected chi connectivity index (χ3v) is 5.54. The third kappa shape index (κ3) is 5.73.